The van der Waals surface area contributed by atoms with Crippen LogP contribution in [-0.4, -0.2) is 44.4 Å². The van der Waals surface area contributed by atoms with E-state index < -0.39 is 11.8 Å². The van der Waals surface area contributed by atoms with Gasteiger partial charge in [-0.2, -0.15) is 13.9 Å². The minimum absolute atomic E-state index is 0.0875. The van der Waals surface area contributed by atoms with Crippen molar-refractivity contribution < 1.29 is 13.5 Å². The molecule has 164 valence electrons. The Kier molecular flexibility index (Phi) is 5.96. The van der Waals surface area contributed by atoms with E-state index in [-0.39, 0.29) is 30.2 Å². The lowest BCUT2D eigenvalue weighted by molar-refractivity contribution is 0.310. The molecular formula is C21H19F2N7O2. The van der Waals surface area contributed by atoms with Gasteiger partial charge in [-0.3, -0.25) is 0 Å². The second-order valence-electron chi connectivity index (χ2n) is 6.96. The Bertz CT molecular complexity index is 1310. The Hall–Kier alpha value is -4.04. The van der Waals surface area contributed by atoms with Gasteiger partial charge in [-0.15, -0.1) is 0 Å². The van der Waals surface area contributed by atoms with Crippen LogP contribution in [0.4, 0.5) is 14.5 Å². The Labute approximate surface area is 181 Å². The number of nitrogens with two attached hydrogens (primary N) is 1. The summed E-state index contributed by atoms with van der Waals surface area (Å²) in [6.45, 7) is 2.66. The lowest BCUT2D eigenvalue weighted by atomic mass is 10.1. The zero-order valence-electron chi connectivity index (χ0n) is 17.1. The van der Waals surface area contributed by atoms with Gasteiger partial charge in [0.25, 0.3) is 6.08 Å². The Morgan fingerprint density at radius 1 is 1.34 bits per heavy atom. The van der Waals surface area contributed by atoms with Crippen molar-refractivity contribution in [3.63, 3.8) is 0 Å². The van der Waals surface area contributed by atoms with E-state index in [9.17, 15) is 13.6 Å². The second-order valence-corrected chi connectivity index (χ2v) is 6.96. The van der Waals surface area contributed by atoms with Gasteiger partial charge in [-0.25, -0.2) is 24.4 Å². The first-order valence-corrected chi connectivity index (χ1v) is 9.72. The maximum absolute atomic E-state index is 13.0. The monoisotopic (exact) mass is 439 g/mol. The van der Waals surface area contributed by atoms with Gasteiger partial charge >= 0.3 is 5.69 Å². The molecule has 0 bridgehead atoms. The molecule has 0 saturated carbocycles. The Morgan fingerprint density at radius 3 is 2.94 bits per heavy atom. The number of halogens is 2. The Morgan fingerprint density at radius 2 is 2.19 bits per heavy atom. The number of aromatic nitrogens is 5. The molecule has 0 unspecified atom stereocenters. The number of hydrogen-bond donors (Lipinski definition) is 3. The summed E-state index contributed by atoms with van der Waals surface area (Å²) in [5.41, 5.74) is 7.06. The topological polar surface area (TPSA) is 124 Å². The SMILES string of the molecule is Cc1cc(C#Cc2ccc3c(n2)OCCN3)cnc1-n1c(CC(CN)=C(F)F)n[nH]c1=O. The molecule has 4 heterocycles. The third-order valence-electron chi connectivity index (χ3n) is 4.74. The highest BCUT2D eigenvalue weighted by Gasteiger charge is 2.17. The fourth-order valence-corrected chi connectivity index (χ4v) is 3.17. The molecule has 1 aliphatic heterocycles. The van der Waals surface area contributed by atoms with Crippen LogP contribution < -0.4 is 21.5 Å². The van der Waals surface area contributed by atoms with Crippen molar-refractivity contribution >= 4 is 5.69 Å². The minimum atomic E-state index is -1.89. The lowest BCUT2D eigenvalue weighted by Crippen LogP contribution is -2.20. The largest absolute Gasteiger partial charge is 0.474 e. The van der Waals surface area contributed by atoms with Crippen molar-refractivity contribution in [2.24, 2.45) is 5.73 Å². The molecule has 0 spiro atoms. The van der Waals surface area contributed by atoms with E-state index in [1.165, 1.54) is 6.20 Å². The van der Waals surface area contributed by atoms with Crippen molar-refractivity contribution in [2.45, 2.75) is 13.3 Å². The number of H-pyrrole nitrogens is 1. The zero-order valence-corrected chi connectivity index (χ0v) is 17.1. The summed E-state index contributed by atoms with van der Waals surface area (Å²) in [6.07, 6.45) is -0.673. The molecule has 3 aromatic heterocycles. The summed E-state index contributed by atoms with van der Waals surface area (Å²) >= 11 is 0. The molecule has 0 saturated heterocycles. The molecule has 4 rings (SSSR count). The number of aryl methyl sites for hydroxylation is 1. The number of ether oxygens (including phenoxy) is 1. The highest BCUT2D eigenvalue weighted by molar-refractivity contribution is 5.56. The van der Waals surface area contributed by atoms with Crippen LogP contribution in [0.3, 0.4) is 0 Å². The summed E-state index contributed by atoms with van der Waals surface area (Å²) in [5.74, 6) is 6.81. The van der Waals surface area contributed by atoms with E-state index in [1.54, 1.807) is 19.1 Å². The number of anilines is 1. The minimum Gasteiger partial charge on any atom is -0.474 e. The standard InChI is InChI=1S/C21H19F2N7O2/c1-12-8-13(2-3-15-4-5-16-20(27-15)32-7-6-25-16)11-26-19(12)30-17(28-29-21(30)31)9-14(10-24)18(22)23/h4-5,8,11,25H,6-7,9-10,24H2,1H3,(H,29,31). The van der Waals surface area contributed by atoms with E-state index in [0.29, 0.717) is 29.3 Å². The van der Waals surface area contributed by atoms with E-state index in [2.05, 4.69) is 37.3 Å². The molecule has 0 fully saturated rings. The van der Waals surface area contributed by atoms with Crippen molar-refractivity contribution in [1.29, 1.82) is 0 Å². The molecule has 0 amide bonds. The number of fused-ring (bicyclic) bond motifs is 1. The average Bonchev–Trinajstić information content (AvgIpc) is 3.15. The molecule has 9 nitrogen and oxygen atoms in total. The fraction of sp³-hybridized carbons (Fsp3) is 0.238. The predicted octanol–water partition coefficient (Wildman–Crippen LogP) is 1.51. The highest BCUT2D eigenvalue weighted by atomic mass is 19.3. The smallest absolute Gasteiger partial charge is 0.349 e. The van der Waals surface area contributed by atoms with Crippen LogP contribution >= 0.6 is 0 Å². The molecule has 0 aliphatic carbocycles. The molecule has 11 heteroatoms. The number of nitrogens with zero attached hydrogens (tertiary/aromatic N) is 4. The van der Waals surface area contributed by atoms with Crippen LogP contribution in [0, 0.1) is 18.8 Å². The van der Waals surface area contributed by atoms with Gasteiger partial charge in [0.15, 0.2) is 0 Å². The summed E-state index contributed by atoms with van der Waals surface area (Å²) in [4.78, 5) is 20.9. The maximum atomic E-state index is 13.0. The number of rotatable bonds is 4. The number of nitrogens with one attached hydrogen (secondary N) is 2. The number of hydrogen-bond acceptors (Lipinski definition) is 7. The van der Waals surface area contributed by atoms with Crippen LogP contribution in [0.1, 0.15) is 22.6 Å². The van der Waals surface area contributed by atoms with Crippen molar-refractivity contribution in [3.8, 4) is 23.5 Å². The third-order valence-corrected chi connectivity index (χ3v) is 4.74. The highest BCUT2D eigenvalue weighted by Crippen LogP contribution is 2.24. The second kappa shape index (κ2) is 8.99. The quantitative estimate of drug-likeness (QED) is 0.527. The average molecular weight is 439 g/mol. The van der Waals surface area contributed by atoms with Gasteiger partial charge in [-0.1, -0.05) is 5.92 Å². The summed E-state index contributed by atoms with van der Waals surface area (Å²) < 4.78 is 32.7. The molecule has 3 aromatic rings. The van der Waals surface area contributed by atoms with Gasteiger partial charge in [0.2, 0.25) is 5.88 Å². The number of aromatic amines is 1. The van der Waals surface area contributed by atoms with Crippen molar-refractivity contribution in [1.82, 2.24) is 24.7 Å². The lowest BCUT2D eigenvalue weighted by Gasteiger charge is -2.17. The zero-order chi connectivity index (χ0) is 22.7. The molecule has 0 aromatic carbocycles. The predicted molar refractivity (Wildman–Crippen MR) is 113 cm³/mol. The maximum Gasteiger partial charge on any atom is 0.349 e. The summed E-state index contributed by atoms with van der Waals surface area (Å²) in [6, 6.07) is 5.38. The van der Waals surface area contributed by atoms with Gasteiger partial charge in [0.05, 0.1) is 5.69 Å². The van der Waals surface area contributed by atoms with Crippen LogP contribution in [0.2, 0.25) is 0 Å². The van der Waals surface area contributed by atoms with Crippen LogP contribution in [0.25, 0.3) is 5.82 Å². The van der Waals surface area contributed by atoms with Gasteiger partial charge in [-0.05, 0) is 36.6 Å². The first-order chi connectivity index (χ1) is 15.5. The third kappa shape index (κ3) is 4.35. The first kappa shape index (κ1) is 21.2. The van der Waals surface area contributed by atoms with Crippen LogP contribution in [0.5, 0.6) is 5.88 Å². The molecule has 4 N–H and O–H groups in total. The first-order valence-electron chi connectivity index (χ1n) is 9.72. The van der Waals surface area contributed by atoms with Crippen LogP contribution in [-0.2, 0) is 6.42 Å². The molecule has 1 aliphatic rings. The van der Waals surface area contributed by atoms with E-state index >= 15 is 0 Å². The van der Waals surface area contributed by atoms with E-state index in [1.807, 2.05) is 6.07 Å². The van der Waals surface area contributed by atoms with Crippen molar-refractivity contribution in [2.75, 3.05) is 25.0 Å². The normalized spacial score (nSPS) is 12.1. The molecule has 0 atom stereocenters. The summed E-state index contributed by atoms with van der Waals surface area (Å²) in [7, 11) is 0. The van der Waals surface area contributed by atoms with Gasteiger partial charge < -0.3 is 15.8 Å². The van der Waals surface area contributed by atoms with E-state index in [4.69, 9.17) is 10.5 Å². The molecule has 32 heavy (non-hydrogen) atoms. The van der Waals surface area contributed by atoms with Crippen molar-refractivity contribution in [3.05, 3.63) is 69.2 Å². The molecular weight excluding hydrogens is 420 g/mol. The van der Waals surface area contributed by atoms with E-state index in [0.717, 1.165) is 16.8 Å². The fourth-order valence-electron chi connectivity index (χ4n) is 3.17. The van der Waals surface area contributed by atoms with Gasteiger partial charge in [0, 0.05) is 36.8 Å². The number of pyridine rings is 2. The van der Waals surface area contributed by atoms with Crippen LogP contribution in [0.15, 0.2) is 40.8 Å². The molecule has 0 radical (unpaired) electrons. The summed E-state index contributed by atoms with van der Waals surface area (Å²) in [5, 5.41) is 9.31. The Balaban J connectivity index is 1.62. The van der Waals surface area contributed by atoms with Gasteiger partial charge in [0.1, 0.15) is 23.9 Å².